The van der Waals surface area contributed by atoms with Crippen LogP contribution in [0, 0.1) is 0 Å². The largest absolute Gasteiger partial charge is 0.314 e. The summed E-state index contributed by atoms with van der Waals surface area (Å²) in [6.45, 7) is 7.17. The fourth-order valence-corrected chi connectivity index (χ4v) is 1.14. The molecule has 76 valence electrons. The highest BCUT2D eigenvalue weighted by Gasteiger charge is 1.95. The topological polar surface area (TPSA) is 34.0 Å². The van der Waals surface area contributed by atoms with Crippen molar-refractivity contribution in [2.45, 2.75) is 19.5 Å². The van der Waals surface area contributed by atoms with Gasteiger partial charge in [0.1, 0.15) is 0 Å². The molecule has 0 radical (unpaired) electrons. The number of hydrogen-bond acceptors (Lipinski definition) is 2. The van der Waals surface area contributed by atoms with Gasteiger partial charge in [-0.25, -0.2) is 0 Å². The average Bonchev–Trinajstić information content (AvgIpc) is 2.20. The molecule has 1 N–H and O–H groups in total. The van der Waals surface area contributed by atoms with Gasteiger partial charge in [-0.2, -0.15) is 0 Å². The van der Waals surface area contributed by atoms with Crippen LogP contribution in [0.2, 0.25) is 0 Å². The fourth-order valence-electron chi connectivity index (χ4n) is 1.14. The molecular weight excluding hydrogens is 176 g/mol. The van der Waals surface area contributed by atoms with E-state index in [0.29, 0.717) is 6.54 Å². The van der Waals surface area contributed by atoms with Gasteiger partial charge in [0.25, 0.3) is 5.56 Å². The molecule has 1 aromatic rings. The zero-order valence-electron chi connectivity index (χ0n) is 8.44. The van der Waals surface area contributed by atoms with Crippen LogP contribution in [0.3, 0.4) is 0 Å². The van der Waals surface area contributed by atoms with Gasteiger partial charge in [-0.15, -0.1) is 6.58 Å². The van der Waals surface area contributed by atoms with Crippen LogP contribution in [0.15, 0.2) is 41.8 Å². The summed E-state index contributed by atoms with van der Waals surface area (Å²) in [5.41, 5.74) is 0.0422. The van der Waals surface area contributed by atoms with E-state index in [4.69, 9.17) is 0 Å². The lowest BCUT2D eigenvalue weighted by Gasteiger charge is -2.09. The maximum atomic E-state index is 11.3. The molecule has 1 aromatic heterocycles. The van der Waals surface area contributed by atoms with Gasteiger partial charge in [0.15, 0.2) is 0 Å². The predicted molar refractivity (Wildman–Crippen MR) is 58.4 cm³/mol. The molecule has 0 fully saturated rings. The second-order valence-electron chi connectivity index (χ2n) is 3.21. The molecule has 0 saturated heterocycles. The van der Waals surface area contributed by atoms with Crippen molar-refractivity contribution < 1.29 is 0 Å². The molecule has 0 bridgehead atoms. The second kappa shape index (κ2) is 5.40. The van der Waals surface area contributed by atoms with Crippen molar-refractivity contribution in [1.82, 2.24) is 9.88 Å². The summed E-state index contributed by atoms with van der Waals surface area (Å²) in [7, 11) is 0. The Morgan fingerprint density at radius 3 is 3.07 bits per heavy atom. The van der Waals surface area contributed by atoms with Gasteiger partial charge in [-0.1, -0.05) is 12.1 Å². The van der Waals surface area contributed by atoms with Gasteiger partial charge in [0, 0.05) is 31.4 Å². The third-order valence-corrected chi connectivity index (χ3v) is 2.07. The molecule has 0 aliphatic rings. The number of hydrogen-bond donors (Lipinski definition) is 1. The molecule has 1 unspecified atom stereocenters. The van der Waals surface area contributed by atoms with Gasteiger partial charge in [-0.3, -0.25) is 4.79 Å². The van der Waals surface area contributed by atoms with Gasteiger partial charge < -0.3 is 9.88 Å². The third kappa shape index (κ3) is 3.18. The zero-order chi connectivity index (χ0) is 10.4. The number of nitrogens with zero attached hydrogens (tertiary/aromatic N) is 1. The Morgan fingerprint density at radius 1 is 1.64 bits per heavy atom. The van der Waals surface area contributed by atoms with Crippen LogP contribution in [0.5, 0.6) is 0 Å². The summed E-state index contributed by atoms with van der Waals surface area (Å²) < 4.78 is 1.68. The highest BCUT2D eigenvalue weighted by Crippen LogP contribution is 1.83. The minimum atomic E-state index is 0.0422. The van der Waals surface area contributed by atoms with E-state index in [-0.39, 0.29) is 11.6 Å². The summed E-state index contributed by atoms with van der Waals surface area (Å²) in [6.07, 6.45) is 3.64. The molecule has 1 atom stereocenters. The fraction of sp³-hybridized carbons (Fsp3) is 0.364. The number of nitrogens with one attached hydrogen (secondary N) is 1. The van der Waals surface area contributed by atoms with Crippen molar-refractivity contribution in [3.8, 4) is 0 Å². The maximum absolute atomic E-state index is 11.3. The maximum Gasteiger partial charge on any atom is 0.250 e. The molecule has 3 heteroatoms. The van der Waals surface area contributed by atoms with E-state index in [9.17, 15) is 4.79 Å². The van der Waals surface area contributed by atoms with E-state index < -0.39 is 0 Å². The Bertz CT molecular complexity index is 343. The molecular formula is C11H16N2O. The first-order chi connectivity index (χ1) is 6.74. The number of pyridine rings is 1. The summed E-state index contributed by atoms with van der Waals surface area (Å²) in [6, 6.07) is 5.46. The van der Waals surface area contributed by atoms with Crippen LogP contribution < -0.4 is 10.9 Å². The van der Waals surface area contributed by atoms with Crippen molar-refractivity contribution >= 4 is 0 Å². The summed E-state index contributed by atoms with van der Waals surface area (Å²) in [4.78, 5) is 11.3. The minimum Gasteiger partial charge on any atom is -0.314 e. The summed E-state index contributed by atoms with van der Waals surface area (Å²) in [5.74, 6) is 0. The van der Waals surface area contributed by atoms with Crippen molar-refractivity contribution in [2.24, 2.45) is 0 Å². The second-order valence-corrected chi connectivity index (χ2v) is 3.21. The Balaban J connectivity index is 2.42. The normalized spacial score (nSPS) is 12.4. The van der Waals surface area contributed by atoms with Gasteiger partial charge >= 0.3 is 0 Å². The van der Waals surface area contributed by atoms with E-state index >= 15 is 0 Å². The molecule has 0 aliphatic heterocycles. The molecule has 0 saturated carbocycles. The first-order valence-electron chi connectivity index (χ1n) is 4.75. The van der Waals surface area contributed by atoms with Gasteiger partial charge in [0.2, 0.25) is 0 Å². The first kappa shape index (κ1) is 10.7. The van der Waals surface area contributed by atoms with Crippen LogP contribution in [-0.4, -0.2) is 17.2 Å². The van der Waals surface area contributed by atoms with Gasteiger partial charge in [0.05, 0.1) is 0 Å². The molecule has 14 heavy (non-hydrogen) atoms. The highest BCUT2D eigenvalue weighted by atomic mass is 16.1. The van der Waals surface area contributed by atoms with E-state index in [1.165, 1.54) is 0 Å². The van der Waals surface area contributed by atoms with Crippen molar-refractivity contribution in [2.75, 3.05) is 6.54 Å². The van der Waals surface area contributed by atoms with Crippen molar-refractivity contribution in [3.05, 3.63) is 47.4 Å². The van der Waals surface area contributed by atoms with Crippen LogP contribution in [0.1, 0.15) is 6.92 Å². The minimum absolute atomic E-state index is 0.0422. The van der Waals surface area contributed by atoms with E-state index in [1.807, 2.05) is 19.1 Å². The molecule has 0 spiro atoms. The standard InChI is InChI=1S/C11H16N2O/c1-3-10(2)12-7-9-13-8-5-4-6-11(13)14/h3-6,8,10,12H,1,7,9H2,2H3. The highest BCUT2D eigenvalue weighted by molar-refractivity contribution is 4.93. The van der Waals surface area contributed by atoms with Crippen molar-refractivity contribution in [1.29, 1.82) is 0 Å². The predicted octanol–water partition coefficient (Wildman–Crippen LogP) is 1.01. The van der Waals surface area contributed by atoms with Crippen LogP contribution >= 0.6 is 0 Å². The quantitative estimate of drug-likeness (QED) is 0.706. The first-order valence-corrected chi connectivity index (χ1v) is 4.75. The molecule has 0 aliphatic carbocycles. The van der Waals surface area contributed by atoms with E-state index in [2.05, 4.69) is 11.9 Å². The van der Waals surface area contributed by atoms with Crippen LogP contribution in [0.25, 0.3) is 0 Å². The monoisotopic (exact) mass is 192 g/mol. The Kier molecular flexibility index (Phi) is 4.13. The lowest BCUT2D eigenvalue weighted by atomic mass is 10.3. The Labute approximate surface area is 84.1 Å². The van der Waals surface area contributed by atoms with Crippen molar-refractivity contribution in [3.63, 3.8) is 0 Å². The van der Waals surface area contributed by atoms with Gasteiger partial charge in [-0.05, 0) is 13.0 Å². The number of aromatic nitrogens is 1. The Hall–Kier alpha value is -1.35. The zero-order valence-corrected chi connectivity index (χ0v) is 8.44. The lowest BCUT2D eigenvalue weighted by molar-refractivity contribution is 0.559. The SMILES string of the molecule is C=CC(C)NCCn1ccccc1=O. The third-order valence-electron chi connectivity index (χ3n) is 2.07. The molecule has 1 rings (SSSR count). The molecule has 0 amide bonds. The van der Waals surface area contributed by atoms with Crippen LogP contribution in [0.4, 0.5) is 0 Å². The number of rotatable bonds is 5. The van der Waals surface area contributed by atoms with Crippen LogP contribution in [-0.2, 0) is 6.54 Å². The van der Waals surface area contributed by atoms with E-state index in [1.54, 1.807) is 22.9 Å². The Morgan fingerprint density at radius 2 is 2.43 bits per heavy atom. The molecule has 3 nitrogen and oxygen atoms in total. The molecule has 0 aromatic carbocycles. The smallest absolute Gasteiger partial charge is 0.250 e. The molecule has 1 heterocycles. The average molecular weight is 192 g/mol. The van der Waals surface area contributed by atoms with E-state index in [0.717, 1.165) is 6.54 Å². The summed E-state index contributed by atoms with van der Waals surface area (Å²) in [5, 5.41) is 3.23. The summed E-state index contributed by atoms with van der Waals surface area (Å²) >= 11 is 0. The lowest BCUT2D eigenvalue weighted by Crippen LogP contribution is -2.30.